The number of hydrogen-bond acceptors (Lipinski definition) is 7. The summed E-state index contributed by atoms with van der Waals surface area (Å²) in [5.41, 5.74) is 2.98. The van der Waals surface area contributed by atoms with Crippen molar-refractivity contribution in [1.29, 1.82) is 0 Å². The van der Waals surface area contributed by atoms with Gasteiger partial charge >= 0.3 is 5.97 Å². The SMILES string of the molecule is CCOc1cc(C=NN=C2NC(=O)C(CC(=O)O)S2)ccc1OCc1cccc(C)c1. The molecule has 0 aliphatic carbocycles. The molecule has 1 aliphatic rings. The molecule has 8 nitrogen and oxygen atoms in total. The molecular weight excluding hydrogens is 418 g/mol. The van der Waals surface area contributed by atoms with Crippen LogP contribution in [-0.4, -0.2) is 40.2 Å². The van der Waals surface area contributed by atoms with Gasteiger partial charge in [-0.15, -0.1) is 5.10 Å². The van der Waals surface area contributed by atoms with Gasteiger partial charge in [0.05, 0.1) is 19.2 Å². The van der Waals surface area contributed by atoms with E-state index in [4.69, 9.17) is 14.6 Å². The van der Waals surface area contributed by atoms with E-state index in [0.29, 0.717) is 24.7 Å². The Morgan fingerprint density at radius 2 is 2.06 bits per heavy atom. The van der Waals surface area contributed by atoms with Crippen LogP contribution in [0.3, 0.4) is 0 Å². The van der Waals surface area contributed by atoms with Gasteiger partial charge in [0.25, 0.3) is 0 Å². The summed E-state index contributed by atoms with van der Waals surface area (Å²) in [6.45, 7) is 4.84. The van der Waals surface area contributed by atoms with Gasteiger partial charge in [0, 0.05) is 0 Å². The maximum Gasteiger partial charge on any atom is 0.305 e. The van der Waals surface area contributed by atoms with Crippen molar-refractivity contribution in [3.8, 4) is 11.5 Å². The average molecular weight is 442 g/mol. The summed E-state index contributed by atoms with van der Waals surface area (Å²) in [5.74, 6) is -0.195. The number of nitrogens with zero attached hydrogens (tertiary/aromatic N) is 2. The zero-order valence-electron chi connectivity index (χ0n) is 17.2. The van der Waals surface area contributed by atoms with E-state index >= 15 is 0 Å². The fourth-order valence-corrected chi connectivity index (χ4v) is 3.76. The van der Waals surface area contributed by atoms with Crippen LogP contribution in [0.25, 0.3) is 0 Å². The lowest BCUT2D eigenvalue weighted by molar-refractivity contribution is -0.138. The van der Waals surface area contributed by atoms with Crippen molar-refractivity contribution in [2.75, 3.05) is 6.61 Å². The van der Waals surface area contributed by atoms with Crippen LogP contribution < -0.4 is 14.8 Å². The minimum atomic E-state index is -1.04. The van der Waals surface area contributed by atoms with Gasteiger partial charge in [-0.1, -0.05) is 41.6 Å². The van der Waals surface area contributed by atoms with Crippen LogP contribution in [0.5, 0.6) is 11.5 Å². The Morgan fingerprint density at radius 1 is 1.23 bits per heavy atom. The van der Waals surface area contributed by atoms with E-state index in [9.17, 15) is 9.59 Å². The summed E-state index contributed by atoms with van der Waals surface area (Å²) in [6.07, 6.45) is 1.26. The number of carboxylic acid groups (broad SMARTS) is 1. The molecule has 1 unspecified atom stereocenters. The number of aryl methyl sites for hydroxylation is 1. The van der Waals surface area contributed by atoms with E-state index in [2.05, 4.69) is 21.6 Å². The molecule has 9 heteroatoms. The molecule has 0 aromatic heterocycles. The molecule has 1 saturated heterocycles. The van der Waals surface area contributed by atoms with Crippen LogP contribution in [0.1, 0.15) is 30.0 Å². The van der Waals surface area contributed by atoms with Crippen LogP contribution in [0.4, 0.5) is 0 Å². The first-order chi connectivity index (χ1) is 14.9. The van der Waals surface area contributed by atoms with Gasteiger partial charge in [-0.25, -0.2) is 0 Å². The minimum Gasteiger partial charge on any atom is -0.490 e. The first kappa shape index (κ1) is 22.4. The number of carbonyl (C=O) groups is 2. The summed E-state index contributed by atoms with van der Waals surface area (Å²) in [5, 5.41) is 18.9. The number of aliphatic carboxylic acids is 1. The normalized spacial score (nSPS) is 17.2. The third-order valence-electron chi connectivity index (χ3n) is 4.24. The smallest absolute Gasteiger partial charge is 0.305 e. The third kappa shape index (κ3) is 6.58. The maximum atomic E-state index is 11.7. The lowest BCUT2D eigenvalue weighted by atomic mass is 10.1. The molecule has 0 spiro atoms. The molecule has 2 aromatic rings. The number of benzene rings is 2. The fraction of sp³-hybridized carbons (Fsp3) is 0.273. The third-order valence-corrected chi connectivity index (χ3v) is 5.31. The Morgan fingerprint density at radius 3 is 2.81 bits per heavy atom. The molecule has 1 fully saturated rings. The van der Waals surface area contributed by atoms with Gasteiger partial charge in [-0.05, 0) is 43.2 Å². The summed E-state index contributed by atoms with van der Waals surface area (Å²) < 4.78 is 11.6. The Labute approximate surface area is 184 Å². The van der Waals surface area contributed by atoms with Crippen LogP contribution in [0, 0.1) is 6.92 Å². The highest BCUT2D eigenvalue weighted by molar-refractivity contribution is 8.15. The number of amidine groups is 1. The second-order valence-electron chi connectivity index (χ2n) is 6.76. The highest BCUT2D eigenvalue weighted by atomic mass is 32.2. The van der Waals surface area contributed by atoms with Crippen molar-refractivity contribution < 1.29 is 24.2 Å². The number of carbonyl (C=O) groups excluding carboxylic acids is 1. The molecule has 0 radical (unpaired) electrons. The molecule has 1 heterocycles. The van der Waals surface area contributed by atoms with Crippen LogP contribution in [0.15, 0.2) is 52.7 Å². The van der Waals surface area contributed by atoms with E-state index in [0.717, 1.165) is 22.9 Å². The van der Waals surface area contributed by atoms with E-state index in [-0.39, 0.29) is 17.5 Å². The van der Waals surface area contributed by atoms with Crippen molar-refractivity contribution >= 4 is 35.0 Å². The molecule has 1 atom stereocenters. The Hall–Kier alpha value is -3.33. The maximum absolute atomic E-state index is 11.7. The zero-order chi connectivity index (χ0) is 22.2. The van der Waals surface area contributed by atoms with Crippen molar-refractivity contribution in [3.05, 3.63) is 59.2 Å². The average Bonchev–Trinajstić information content (AvgIpc) is 3.06. The van der Waals surface area contributed by atoms with Crippen molar-refractivity contribution in [2.24, 2.45) is 10.2 Å². The standard InChI is InChI=1S/C22H23N3O5S/c1-3-29-18-10-15(7-8-17(18)30-13-16-6-4-5-14(2)9-16)12-23-25-22-24-21(28)19(31-22)11-20(26)27/h4-10,12,19H,3,11,13H2,1-2H3,(H,26,27)(H,24,25,28). The second-order valence-corrected chi connectivity index (χ2v) is 7.95. The van der Waals surface area contributed by atoms with Crippen LogP contribution >= 0.6 is 11.8 Å². The van der Waals surface area contributed by atoms with Gasteiger partial charge in [0.2, 0.25) is 5.91 Å². The lowest BCUT2D eigenvalue weighted by Gasteiger charge is -2.12. The second kappa shape index (κ2) is 10.6. The van der Waals surface area contributed by atoms with E-state index < -0.39 is 11.2 Å². The van der Waals surface area contributed by atoms with Crippen LogP contribution in [-0.2, 0) is 16.2 Å². The summed E-state index contributed by atoms with van der Waals surface area (Å²) in [6, 6.07) is 13.5. The predicted octanol–water partition coefficient (Wildman–Crippen LogP) is 3.37. The fourth-order valence-electron chi connectivity index (χ4n) is 2.85. The Bertz CT molecular complexity index is 1020. The molecule has 3 rings (SSSR count). The molecule has 1 amide bonds. The number of ether oxygens (including phenoxy) is 2. The van der Waals surface area contributed by atoms with Gasteiger partial charge in [-0.3, -0.25) is 9.59 Å². The quantitative estimate of drug-likeness (QED) is 0.456. The summed E-state index contributed by atoms with van der Waals surface area (Å²) in [4.78, 5) is 22.5. The van der Waals surface area contributed by atoms with E-state index in [1.807, 2.05) is 44.2 Å². The monoisotopic (exact) mass is 441 g/mol. The number of thioether (sulfide) groups is 1. The molecule has 162 valence electrons. The molecular formula is C22H23N3O5S. The van der Waals surface area contributed by atoms with E-state index in [1.54, 1.807) is 6.07 Å². The Kier molecular flexibility index (Phi) is 7.66. The molecule has 31 heavy (non-hydrogen) atoms. The molecule has 1 aliphatic heterocycles. The highest BCUT2D eigenvalue weighted by Gasteiger charge is 2.32. The van der Waals surface area contributed by atoms with Gasteiger partial charge in [0.1, 0.15) is 11.9 Å². The van der Waals surface area contributed by atoms with Gasteiger partial charge in [-0.2, -0.15) is 5.10 Å². The van der Waals surface area contributed by atoms with Crippen molar-refractivity contribution in [3.63, 3.8) is 0 Å². The van der Waals surface area contributed by atoms with Crippen molar-refractivity contribution in [2.45, 2.75) is 32.1 Å². The molecule has 0 bridgehead atoms. The first-order valence-corrected chi connectivity index (χ1v) is 10.6. The summed E-state index contributed by atoms with van der Waals surface area (Å²) >= 11 is 1.05. The predicted molar refractivity (Wildman–Crippen MR) is 120 cm³/mol. The number of hydrogen-bond donors (Lipinski definition) is 2. The number of amides is 1. The largest absolute Gasteiger partial charge is 0.490 e. The number of rotatable bonds is 9. The van der Waals surface area contributed by atoms with E-state index in [1.165, 1.54) is 11.8 Å². The van der Waals surface area contributed by atoms with Gasteiger partial charge < -0.3 is 19.9 Å². The summed E-state index contributed by atoms with van der Waals surface area (Å²) in [7, 11) is 0. The number of carboxylic acids is 1. The molecule has 2 N–H and O–H groups in total. The zero-order valence-corrected chi connectivity index (χ0v) is 18.0. The lowest BCUT2D eigenvalue weighted by Crippen LogP contribution is -2.26. The number of nitrogens with one attached hydrogen (secondary N) is 1. The first-order valence-electron chi connectivity index (χ1n) is 9.70. The van der Waals surface area contributed by atoms with Crippen molar-refractivity contribution in [1.82, 2.24) is 5.32 Å². The van der Waals surface area contributed by atoms with Crippen LogP contribution in [0.2, 0.25) is 0 Å². The topological polar surface area (TPSA) is 110 Å². The molecule has 0 saturated carbocycles. The van der Waals surface area contributed by atoms with Gasteiger partial charge in [0.15, 0.2) is 16.7 Å². The molecule has 2 aromatic carbocycles. The minimum absolute atomic E-state index is 0.263. The Balaban J connectivity index is 1.66. The highest BCUT2D eigenvalue weighted by Crippen LogP contribution is 2.29.